The Morgan fingerprint density at radius 3 is 2.58 bits per heavy atom. The van der Waals surface area contributed by atoms with Crippen LogP contribution in [0.5, 0.6) is 5.75 Å². The summed E-state index contributed by atoms with van der Waals surface area (Å²) in [7, 11) is -0.771. The largest absolute Gasteiger partial charge is 0.497 e. The third-order valence-electron chi connectivity index (χ3n) is 11.7. The Balaban J connectivity index is 1.26. The summed E-state index contributed by atoms with van der Waals surface area (Å²) in [5.41, 5.74) is 2.04. The summed E-state index contributed by atoms with van der Waals surface area (Å²) >= 11 is 0. The summed E-state index contributed by atoms with van der Waals surface area (Å²) < 4.78 is 12.6. The van der Waals surface area contributed by atoms with E-state index < -0.39 is 19.8 Å². The molecule has 11 heteroatoms. The van der Waals surface area contributed by atoms with Gasteiger partial charge in [-0.15, -0.1) is 0 Å². The van der Waals surface area contributed by atoms with Gasteiger partial charge in [0.2, 0.25) is 11.8 Å². The minimum atomic E-state index is -2.43. The number of hydrogen-bond acceptors (Lipinski definition) is 7. The van der Waals surface area contributed by atoms with Gasteiger partial charge in [0.1, 0.15) is 5.75 Å². The molecule has 264 valence electrons. The van der Waals surface area contributed by atoms with Crippen LogP contribution in [0.2, 0.25) is 18.6 Å². The average Bonchev–Trinajstić information content (AvgIpc) is 3.79. The highest BCUT2D eigenvalue weighted by Crippen LogP contribution is 2.60. The van der Waals surface area contributed by atoms with E-state index in [-0.39, 0.29) is 48.3 Å². The van der Waals surface area contributed by atoms with Gasteiger partial charge < -0.3 is 34.6 Å². The number of aliphatic hydroxyl groups excluding tert-OH is 1. The summed E-state index contributed by atoms with van der Waals surface area (Å²) in [6, 6.07) is 23.8. The van der Waals surface area contributed by atoms with Crippen LogP contribution in [-0.2, 0) is 31.3 Å². The lowest BCUT2D eigenvalue weighted by molar-refractivity contribution is -0.150. The maximum absolute atomic E-state index is 15.1. The number of piperazine rings is 1. The summed E-state index contributed by atoms with van der Waals surface area (Å²) in [4.78, 5) is 47.2. The van der Waals surface area contributed by atoms with Gasteiger partial charge in [-0.25, -0.2) is 0 Å². The molecule has 0 saturated carbocycles. The van der Waals surface area contributed by atoms with Crippen LogP contribution >= 0.6 is 0 Å². The number of benzene rings is 3. The third kappa shape index (κ3) is 5.74. The molecule has 3 fully saturated rings. The molecular formula is C39H48N4O6Si. The molecule has 5 atom stereocenters. The van der Waals surface area contributed by atoms with Crippen molar-refractivity contribution in [2.24, 2.45) is 5.92 Å². The number of rotatable bonds is 9. The highest BCUT2D eigenvalue weighted by Gasteiger charge is 2.66. The molecular weight excluding hydrogens is 649 g/mol. The van der Waals surface area contributed by atoms with Crippen LogP contribution in [-0.4, -0.2) is 87.8 Å². The zero-order valence-corrected chi connectivity index (χ0v) is 30.4. The fraction of sp³-hybridized carbons (Fsp3) is 0.462. The fourth-order valence-electron chi connectivity index (χ4n) is 9.15. The Morgan fingerprint density at radius 1 is 1.06 bits per heavy atom. The van der Waals surface area contributed by atoms with Crippen molar-refractivity contribution in [3.8, 4) is 5.75 Å². The Kier molecular flexibility index (Phi) is 9.36. The van der Waals surface area contributed by atoms with E-state index in [4.69, 9.17) is 9.47 Å². The molecule has 0 unspecified atom stereocenters. The molecule has 3 amide bonds. The number of amides is 3. The zero-order valence-electron chi connectivity index (χ0n) is 29.4. The molecule has 4 aliphatic heterocycles. The van der Waals surface area contributed by atoms with E-state index >= 15 is 4.79 Å². The second kappa shape index (κ2) is 13.6. The van der Waals surface area contributed by atoms with Gasteiger partial charge in [0.15, 0.2) is 5.60 Å². The molecule has 3 aromatic rings. The van der Waals surface area contributed by atoms with E-state index in [2.05, 4.69) is 37.5 Å². The Morgan fingerprint density at radius 2 is 1.84 bits per heavy atom. The molecule has 0 bridgehead atoms. The molecule has 3 aromatic carbocycles. The molecule has 1 spiro atoms. The Hall–Kier alpha value is -4.03. The maximum Gasteiger partial charge on any atom is 0.264 e. The number of para-hydroxylation sites is 1. The van der Waals surface area contributed by atoms with Crippen molar-refractivity contribution < 1.29 is 29.0 Å². The topological polar surface area (TPSA) is 112 Å². The summed E-state index contributed by atoms with van der Waals surface area (Å²) in [6.07, 6.45) is 1.30. The predicted molar refractivity (Wildman–Crippen MR) is 195 cm³/mol. The number of nitrogens with one attached hydrogen (secondary N) is 1. The standard InChI is InChI=1S/C39H48N4O6Si/c1-26-37(50(3,4)31-16-14-30(48-2)15-17-31)34(22-35(45)41-19-8-11-29(41)25-44)49-39(26)32-12-5-6-13-33(32)43(38(39)47)24-27-9-7-10-28(21-27)42-20-18-40-23-36(42)46/h5-7,9-10,12-17,21,26,29,34,37,40,44H,8,11,18-20,22-25H2,1-4H3/t26-,29-,34+,37-,39+/m0/s1. The van der Waals surface area contributed by atoms with Gasteiger partial charge in [0, 0.05) is 36.8 Å². The maximum atomic E-state index is 15.1. The van der Waals surface area contributed by atoms with Crippen LogP contribution in [0, 0.1) is 5.92 Å². The smallest absolute Gasteiger partial charge is 0.264 e. The van der Waals surface area contributed by atoms with Gasteiger partial charge in [0.05, 0.1) is 59.1 Å². The highest BCUT2D eigenvalue weighted by molar-refractivity contribution is 6.91. The first-order chi connectivity index (χ1) is 24.1. The zero-order chi connectivity index (χ0) is 35.2. The molecule has 50 heavy (non-hydrogen) atoms. The van der Waals surface area contributed by atoms with Crippen molar-refractivity contribution in [2.75, 3.05) is 49.7 Å². The van der Waals surface area contributed by atoms with Crippen LogP contribution in [0.15, 0.2) is 72.8 Å². The van der Waals surface area contributed by atoms with E-state index in [1.54, 1.807) is 12.0 Å². The lowest BCUT2D eigenvalue weighted by Crippen LogP contribution is -2.52. The number of hydrogen-bond donors (Lipinski definition) is 2. The second-order valence-corrected chi connectivity index (χ2v) is 19.4. The number of carbonyl (C=O) groups is 3. The van der Waals surface area contributed by atoms with Gasteiger partial charge in [-0.1, -0.05) is 67.7 Å². The number of nitrogens with zero attached hydrogens (tertiary/aromatic N) is 3. The summed E-state index contributed by atoms with van der Waals surface area (Å²) in [5.74, 6) is 0.416. The SMILES string of the molecule is COc1ccc([Si](C)(C)[C@@H]2[C@@H](CC(=O)N3CCC[C@H]3CO)O[C@]3(C(=O)N(Cc4cccc(N5CCNCC5=O)c4)c4ccccc43)[C@H]2C)cc1. The van der Waals surface area contributed by atoms with E-state index in [1.165, 1.54) is 5.19 Å². The monoisotopic (exact) mass is 696 g/mol. The molecule has 2 N–H and O–H groups in total. The van der Waals surface area contributed by atoms with Crippen LogP contribution in [0.25, 0.3) is 0 Å². The lowest BCUT2D eigenvalue weighted by atomic mass is 9.82. The van der Waals surface area contributed by atoms with E-state index in [0.717, 1.165) is 47.6 Å². The van der Waals surface area contributed by atoms with Crippen LogP contribution < -0.4 is 25.0 Å². The molecule has 10 nitrogen and oxygen atoms in total. The van der Waals surface area contributed by atoms with Gasteiger partial charge >= 0.3 is 0 Å². The fourth-order valence-corrected chi connectivity index (χ4v) is 13.2. The third-order valence-corrected chi connectivity index (χ3v) is 16.0. The average molecular weight is 697 g/mol. The van der Waals surface area contributed by atoms with Crippen LogP contribution in [0.4, 0.5) is 11.4 Å². The first kappa shape index (κ1) is 34.4. The molecule has 7 rings (SSSR count). The molecule has 4 aliphatic rings. The van der Waals surface area contributed by atoms with Gasteiger partial charge in [0.25, 0.3) is 5.91 Å². The first-order valence-corrected chi connectivity index (χ1v) is 20.9. The normalized spacial score (nSPS) is 26.6. The number of fused-ring (bicyclic) bond motifs is 2. The van der Waals surface area contributed by atoms with E-state index in [1.807, 2.05) is 70.5 Å². The summed E-state index contributed by atoms with van der Waals surface area (Å²) in [6.45, 7) is 9.27. The number of aliphatic hydroxyl groups is 1. The van der Waals surface area contributed by atoms with Crippen molar-refractivity contribution in [3.05, 3.63) is 83.9 Å². The molecule has 0 aromatic heterocycles. The van der Waals surface area contributed by atoms with Crippen LogP contribution in [0.1, 0.15) is 37.3 Å². The van der Waals surface area contributed by atoms with Crippen molar-refractivity contribution >= 4 is 42.4 Å². The van der Waals surface area contributed by atoms with Gasteiger partial charge in [-0.05, 0) is 54.3 Å². The first-order valence-electron chi connectivity index (χ1n) is 17.8. The van der Waals surface area contributed by atoms with Crippen molar-refractivity contribution in [2.45, 2.75) is 69.1 Å². The quantitative estimate of drug-likeness (QED) is 0.328. The van der Waals surface area contributed by atoms with Crippen molar-refractivity contribution in [3.63, 3.8) is 0 Å². The highest BCUT2D eigenvalue weighted by atomic mass is 28.3. The predicted octanol–water partition coefficient (Wildman–Crippen LogP) is 3.77. The molecule has 0 aliphatic carbocycles. The number of methoxy groups -OCH3 is 1. The van der Waals surface area contributed by atoms with Gasteiger partial charge in [-0.3, -0.25) is 14.4 Å². The number of anilines is 2. The van der Waals surface area contributed by atoms with Crippen molar-refractivity contribution in [1.82, 2.24) is 10.2 Å². The van der Waals surface area contributed by atoms with Crippen molar-refractivity contribution in [1.29, 1.82) is 0 Å². The number of likely N-dealkylation sites (tertiary alicyclic amines) is 1. The second-order valence-electron chi connectivity index (χ2n) is 14.7. The summed E-state index contributed by atoms with van der Waals surface area (Å²) in [5, 5.41) is 14.4. The Labute approximate surface area is 295 Å². The van der Waals surface area contributed by atoms with Crippen LogP contribution in [0.3, 0.4) is 0 Å². The minimum Gasteiger partial charge on any atom is -0.497 e. The molecule has 4 heterocycles. The van der Waals surface area contributed by atoms with Gasteiger partial charge in [-0.2, -0.15) is 0 Å². The number of carbonyl (C=O) groups excluding carboxylic acids is 3. The molecule has 0 radical (unpaired) electrons. The number of ether oxygens (including phenoxy) is 2. The lowest BCUT2D eigenvalue weighted by Gasteiger charge is -2.37. The van der Waals surface area contributed by atoms with E-state index in [9.17, 15) is 14.7 Å². The Bertz CT molecular complexity index is 1770. The van der Waals surface area contributed by atoms with E-state index in [0.29, 0.717) is 26.2 Å². The molecule has 3 saturated heterocycles. The minimum absolute atomic E-state index is 0.0256.